The van der Waals surface area contributed by atoms with Crippen LogP contribution in [0.2, 0.25) is 0 Å². The van der Waals surface area contributed by atoms with Crippen molar-refractivity contribution in [2.75, 3.05) is 5.32 Å². The molecule has 0 bridgehead atoms. The van der Waals surface area contributed by atoms with Gasteiger partial charge < -0.3 is 10.1 Å². The highest BCUT2D eigenvalue weighted by atomic mass is 32.2. The predicted molar refractivity (Wildman–Crippen MR) is 168 cm³/mol. The molecule has 0 aliphatic rings. The minimum absolute atomic E-state index is 0.101. The van der Waals surface area contributed by atoms with E-state index in [9.17, 15) is 9.59 Å². The number of carbonyl (C=O) groups excluding carboxylic acids is 2. The van der Waals surface area contributed by atoms with E-state index in [0.29, 0.717) is 16.8 Å². The summed E-state index contributed by atoms with van der Waals surface area (Å²) in [5, 5.41) is 3.00. The average molecular weight is 576 g/mol. The SMILES string of the molecule is O=C(Nc1cccc(COC(=O)c2ccccc2SCc2ccccc2)c1)c1ccccc1SCc1ccccc1. The molecule has 0 fully saturated rings. The number of nitrogens with one attached hydrogen (secondary N) is 1. The zero-order valence-corrected chi connectivity index (χ0v) is 24.0. The van der Waals surface area contributed by atoms with Gasteiger partial charge in [-0.25, -0.2) is 4.79 Å². The summed E-state index contributed by atoms with van der Waals surface area (Å²) < 4.78 is 5.68. The number of benzene rings is 5. The topological polar surface area (TPSA) is 55.4 Å². The summed E-state index contributed by atoms with van der Waals surface area (Å²) in [6.45, 7) is 0.101. The second kappa shape index (κ2) is 14.4. The summed E-state index contributed by atoms with van der Waals surface area (Å²) in [5.41, 5.74) is 4.99. The van der Waals surface area contributed by atoms with E-state index in [1.807, 2.05) is 103 Å². The molecule has 204 valence electrons. The van der Waals surface area contributed by atoms with Crippen LogP contribution >= 0.6 is 23.5 Å². The molecule has 5 aromatic rings. The van der Waals surface area contributed by atoms with Gasteiger partial charge in [0.1, 0.15) is 6.61 Å². The van der Waals surface area contributed by atoms with E-state index in [4.69, 9.17) is 4.74 Å². The van der Waals surface area contributed by atoms with Crippen LogP contribution in [0.3, 0.4) is 0 Å². The molecule has 0 atom stereocenters. The molecule has 6 heteroatoms. The third kappa shape index (κ3) is 8.13. The zero-order valence-electron chi connectivity index (χ0n) is 22.4. The molecule has 5 rings (SSSR count). The molecule has 1 N–H and O–H groups in total. The maximum atomic E-state index is 13.2. The summed E-state index contributed by atoms with van der Waals surface area (Å²) in [4.78, 5) is 28.0. The molecule has 4 nitrogen and oxygen atoms in total. The molecular weight excluding hydrogens is 547 g/mol. The van der Waals surface area contributed by atoms with Crippen LogP contribution in [0.1, 0.15) is 37.4 Å². The highest BCUT2D eigenvalue weighted by Gasteiger charge is 2.15. The smallest absolute Gasteiger partial charge is 0.339 e. The van der Waals surface area contributed by atoms with Gasteiger partial charge in [-0.15, -0.1) is 23.5 Å². The zero-order chi connectivity index (χ0) is 28.3. The monoisotopic (exact) mass is 575 g/mol. The maximum absolute atomic E-state index is 13.2. The first kappa shape index (κ1) is 28.3. The molecule has 0 aliphatic carbocycles. The number of ether oxygens (including phenoxy) is 1. The van der Waals surface area contributed by atoms with Crippen molar-refractivity contribution in [2.45, 2.75) is 27.9 Å². The van der Waals surface area contributed by atoms with Crippen LogP contribution in [0.4, 0.5) is 5.69 Å². The lowest BCUT2D eigenvalue weighted by molar-refractivity contribution is 0.0468. The fourth-order valence-electron chi connectivity index (χ4n) is 4.18. The van der Waals surface area contributed by atoms with Gasteiger partial charge in [-0.3, -0.25) is 4.79 Å². The van der Waals surface area contributed by atoms with E-state index in [1.54, 1.807) is 29.6 Å². The average Bonchev–Trinajstić information content (AvgIpc) is 3.03. The van der Waals surface area contributed by atoms with E-state index < -0.39 is 0 Å². The third-order valence-electron chi connectivity index (χ3n) is 6.27. The first-order valence-electron chi connectivity index (χ1n) is 13.2. The summed E-state index contributed by atoms with van der Waals surface area (Å²) in [6.07, 6.45) is 0. The molecule has 0 spiro atoms. The van der Waals surface area contributed by atoms with E-state index in [0.717, 1.165) is 26.9 Å². The molecular formula is C35H29NO3S2. The predicted octanol–water partition coefficient (Wildman–Crippen LogP) is 8.88. The number of esters is 1. The Morgan fingerprint density at radius 1 is 0.561 bits per heavy atom. The molecule has 1 amide bonds. The molecule has 0 aromatic heterocycles. The second-order valence-corrected chi connectivity index (χ2v) is 11.3. The number of hydrogen-bond donors (Lipinski definition) is 1. The highest BCUT2D eigenvalue weighted by molar-refractivity contribution is 7.98. The van der Waals surface area contributed by atoms with E-state index in [-0.39, 0.29) is 18.5 Å². The Balaban J connectivity index is 1.19. The van der Waals surface area contributed by atoms with Crippen LogP contribution in [0.25, 0.3) is 0 Å². The lowest BCUT2D eigenvalue weighted by Crippen LogP contribution is -2.13. The van der Waals surface area contributed by atoms with Crippen LogP contribution in [0, 0.1) is 0 Å². The molecule has 0 saturated carbocycles. The summed E-state index contributed by atoms with van der Waals surface area (Å²) in [7, 11) is 0. The quantitative estimate of drug-likeness (QED) is 0.126. The Kier molecular flexibility index (Phi) is 9.93. The van der Waals surface area contributed by atoms with Crippen LogP contribution in [0.5, 0.6) is 0 Å². The van der Waals surface area contributed by atoms with Gasteiger partial charge in [0, 0.05) is 27.0 Å². The minimum Gasteiger partial charge on any atom is -0.457 e. The van der Waals surface area contributed by atoms with Gasteiger partial charge in [0.15, 0.2) is 0 Å². The van der Waals surface area contributed by atoms with Crippen LogP contribution in [-0.4, -0.2) is 11.9 Å². The fourth-order valence-corrected chi connectivity index (χ4v) is 6.18. The van der Waals surface area contributed by atoms with Crippen LogP contribution in [-0.2, 0) is 22.8 Å². The van der Waals surface area contributed by atoms with Gasteiger partial charge in [-0.2, -0.15) is 0 Å². The van der Waals surface area contributed by atoms with E-state index in [2.05, 4.69) is 29.6 Å². The lowest BCUT2D eigenvalue weighted by atomic mass is 10.1. The Labute approximate surface area is 249 Å². The number of rotatable bonds is 11. The van der Waals surface area contributed by atoms with Gasteiger partial charge in [0.2, 0.25) is 0 Å². The molecule has 0 unspecified atom stereocenters. The number of thioether (sulfide) groups is 2. The largest absolute Gasteiger partial charge is 0.457 e. The molecule has 0 heterocycles. The number of amides is 1. The van der Waals surface area contributed by atoms with Gasteiger partial charge in [-0.1, -0.05) is 97.1 Å². The maximum Gasteiger partial charge on any atom is 0.339 e. The van der Waals surface area contributed by atoms with Gasteiger partial charge in [-0.05, 0) is 53.1 Å². The number of anilines is 1. The highest BCUT2D eigenvalue weighted by Crippen LogP contribution is 2.28. The normalized spacial score (nSPS) is 10.6. The Morgan fingerprint density at radius 2 is 1.07 bits per heavy atom. The summed E-state index contributed by atoms with van der Waals surface area (Å²) in [6, 6.07) is 42.8. The first-order chi connectivity index (χ1) is 20.2. The lowest BCUT2D eigenvalue weighted by Gasteiger charge is -2.12. The Hall–Kier alpha value is -4.26. The third-order valence-corrected chi connectivity index (χ3v) is 8.56. The second-order valence-electron chi connectivity index (χ2n) is 9.27. The number of hydrogen-bond acceptors (Lipinski definition) is 5. The standard InChI is InChI=1S/C35H29NO3S2/c37-34(30-18-7-9-20-32(30)40-24-26-12-3-1-4-13-26)36-29-17-11-16-28(22-29)23-39-35(38)31-19-8-10-21-33(31)41-25-27-14-5-2-6-15-27/h1-22H,23-25H2,(H,36,37). The summed E-state index contributed by atoms with van der Waals surface area (Å²) >= 11 is 3.25. The van der Waals surface area contributed by atoms with Gasteiger partial charge in [0.25, 0.3) is 5.91 Å². The van der Waals surface area contributed by atoms with Crippen molar-refractivity contribution < 1.29 is 14.3 Å². The van der Waals surface area contributed by atoms with Crippen LogP contribution in [0.15, 0.2) is 143 Å². The van der Waals surface area contributed by atoms with Crippen molar-refractivity contribution in [3.05, 3.63) is 161 Å². The Morgan fingerprint density at radius 3 is 1.71 bits per heavy atom. The molecule has 0 radical (unpaired) electrons. The molecule has 0 saturated heterocycles. The van der Waals surface area contributed by atoms with Crippen molar-refractivity contribution in [1.82, 2.24) is 0 Å². The van der Waals surface area contributed by atoms with Crippen molar-refractivity contribution in [1.29, 1.82) is 0 Å². The van der Waals surface area contributed by atoms with E-state index >= 15 is 0 Å². The number of carbonyl (C=O) groups is 2. The van der Waals surface area contributed by atoms with Crippen molar-refractivity contribution in [3.63, 3.8) is 0 Å². The van der Waals surface area contributed by atoms with E-state index in [1.165, 1.54) is 11.1 Å². The summed E-state index contributed by atoms with van der Waals surface area (Å²) in [5.74, 6) is 0.986. The van der Waals surface area contributed by atoms with Gasteiger partial charge >= 0.3 is 5.97 Å². The molecule has 41 heavy (non-hydrogen) atoms. The van der Waals surface area contributed by atoms with Gasteiger partial charge in [0.05, 0.1) is 11.1 Å². The fraction of sp³-hybridized carbons (Fsp3) is 0.0857. The molecule has 0 aliphatic heterocycles. The van der Waals surface area contributed by atoms with Crippen LogP contribution < -0.4 is 5.32 Å². The molecule has 5 aromatic carbocycles. The van der Waals surface area contributed by atoms with Crippen molar-refractivity contribution >= 4 is 41.1 Å². The first-order valence-corrected chi connectivity index (χ1v) is 15.2. The van der Waals surface area contributed by atoms with Crippen molar-refractivity contribution in [3.8, 4) is 0 Å². The Bertz CT molecular complexity index is 1610. The minimum atomic E-state index is -0.375. The van der Waals surface area contributed by atoms with Crippen molar-refractivity contribution in [2.24, 2.45) is 0 Å².